The Labute approximate surface area is 102 Å². The molecule has 96 valence electrons. The highest BCUT2D eigenvalue weighted by Gasteiger charge is 2.38. The minimum absolute atomic E-state index is 0.307. The molecule has 3 heteroatoms. The van der Waals surface area contributed by atoms with Gasteiger partial charge >= 0.3 is 0 Å². The molecule has 1 aliphatic heterocycles. The van der Waals surface area contributed by atoms with Gasteiger partial charge in [-0.1, -0.05) is 20.8 Å². The summed E-state index contributed by atoms with van der Waals surface area (Å²) in [6.45, 7) is 17.0. The monoisotopic (exact) mass is 243 g/mol. The molecule has 0 radical (unpaired) electrons. The standard InChI is InChI=1S/C13H29NOSi/c1-12(2,3)16(6,7)15-10-11-8-9-13(4,5)14-11/h11,14H,8-10H2,1-7H3/t11-/m1/s1. The molecule has 0 aromatic rings. The fourth-order valence-electron chi connectivity index (χ4n) is 1.88. The first-order valence-electron chi connectivity index (χ1n) is 6.45. The van der Waals surface area contributed by atoms with Crippen LogP contribution in [0.5, 0.6) is 0 Å². The van der Waals surface area contributed by atoms with Crippen LogP contribution in [0.3, 0.4) is 0 Å². The first kappa shape index (κ1) is 14.2. The Balaban J connectivity index is 2.42. The van der Waals surface area contributed by atoms with Crippen molar-refractivity contribution in [2.45, 2.75) is 77.2 Å². The molecular weight excluding hydrogens is 214 g/mol. The predicted molar refractivity (Wildman–Crippen MR) is 73.4 cm³/mol. The van der Waals surface area contributed by atoms with Crippen LogP contribution in [-0.2, 0) is 4.43 Å². The van der Waals surface area contributed by atoms with Gasteiger partial charge < -0.3 is 9.74 Å². The van der Waals surface area contributed by atoms with Gasteiger partial charge in [0.15, 0.2) is 8.32 Å². The number of nitrogens with one attached hydrogen (secondary N) is 1. The first-order valence-corrected chi connectivity index (χ1v) is 9.36. The summed E-state index contributed by atoms with van der Waals surface area (Å²) in [6.07, 6.45) is 2.51. The topological polar surface area (TPSA) is 21.3 Å². The van der Waals surface area contributed by atoms with E-state index in [9.17, 15) is 0 Å². The van der Waals surface area contributed by atoms with Crippen molar-refractivity contribution >= 4 is 8.32 Å². The lowest BCUT2D eigenvalue weighted by Crippen LogP contribution is -2.46. The van der Waals surface area contributed by atoms with Crippen LogP contribution in [0.2, 0.25) is 18.1 Å². The molecular formula is C13H29NOSi. The van der Waals surface area contributed by atoms with Gasteiger partial charge in [0.25, 0.3) is 0 Å². The molecule has 1 atom stereocenters. The van der Waals surface area contributed by atoms with Crippen molar-refractivity contribution in [3.8, 4) is 0 Å². The van der Waals surface area contributed by atoms with Gasteiger partial charge in [-0.25, -0.2) is 0 Å². The fourth-order valence-corrected chi connectivity index (χ4v) is 2.93. The maximum absolute atomic E-state index is 6.25. The van der Waals surface area contributed by atoms with Gasteiger partial charge in [0.2, 0.25) is 0 Å². The molecule has 0 saturated carbocycles. The Morgan fingerprint density at radius 3 is 2.25 bits per heavy atom. The minimum atomic E-state index is -1.56. The Hall–Kier alpha value is 0.137. The molecule has 16 heavy (non-hydrogen) atoms. The van der Waals surface area contributed by atoms with E-state index < -0.39 is 8.32 Å². The second-order valence-corrected chi connectivity index (χ2v) is 12.1. The van der Waals surface area contributed by atoms with Gasteiger partial charge in [0, 0.05) is 18.2 Å². The second kappa shape index (κ2) is 4.43. The maximum Gasteiger partial charge on any atom is 0.192 e. The zero-order valence-corrected chi connectivity index (χ0v) is 13.1. The Morgan fingerprint density at radius 2 is 1.88 bits per heavy atom. The smallest absolute Gasteiger partial charge is 0.192 e. The van der Waals surface area contributed by atoms with E-state index in [0.717, 1.165) is 6.61 Å². The van der Waals surface area contributed by atoms with Crippen molar-refractivity contribution in [1.82, 2.24) is 5.32 Å². The molecule has 1 saturated heterocycles. The summed E-state index contributed by atoms with van der Waals surface area (Å²) >= 11 is 0. The van der Waals surface area contributed by atoms with E-state index in [2.05, 4.69) is 53.0 Å². The van der Waals surface area contributed by atoms with E-state index >= 15 is 0 Å². The molecule has 1 heterocycles. The molecule has 1 aliphatic rings. The van der Waals surface area contributed by atoms with Crippen LogP contribution in [0, 0.1) is 0 Å². The van der Waals surface area contributed by atoms with Crippen molar-refractivity contribution in [2.24, 2.45) is 0 Å². The molecule has 1 N–H and O–H groups in total. The van der Waals surface area contributed by atoms with E-state index in [0.29, 0.717) is 16.6 Å². The summed E-state index contributed by atoms with van der Waals surface area (Å²) in [5.41, 5.74) is 0.307. The van der Waals surface area contributed by atoms with Gasteiger partial charge in [-0.3, -0.25) is 0 Å². The van der Waals surface area contributed by atoms with E-state index in [4.69, 9.17) is 4.43 Å². The van der Waals surface area contributed by atoms with Gasteiger partial charge in [0.1, 0.15) is 0 Å². The first-order chi connectivity index (χ1) is 7.04. The SMILES string of the molecule is CC1(C)CC[C@H](CO[Si](C)(C)C(C)(C)C)N1. The van der Waals surface area contributed by atoms with Crippen molar-refractivity contribution in [1.29, 1.82) is 0 Å². The molecule has 1 rings (SSSR count). The highest BCUT2D eigenvalue weighted by Crippen LogP contribution is 2.37. The van der Waals surface area contributed by atoms with Crippen LogP contribution in [0.15, 0.2) is 0 Å². The van der Waals surface area contributed by atoms with Crippen molar-refractivity contribution in [3.63, 3.8) is 0 Å². The summed E-state index contributed by atoms with van der Waals surface area (Å²) < 4.78 is 6.25. The molecule has 0 aliphatic carbocycles. The Bertz CT molecular complexity index is 243. The number of hydrogen-bond acceptors (Lipinski definition) is 2. The molecule has 0 aromatic carbocycles. The van der Waals surface area contributed by atoms with Gasteiger partial charge in [-0.15, -0.1) is 0 Å². The quantitative estimate of drug-likeness (QED) is 0.766. The summed E-state index contributed by atoms with van der Waals surface area (Å²) in [6, 6.07) is 0.559. The van der Waals surface area contributed by atoms with Gasteiger partial charge in [-0.2, -0.15) is 0 Å². The zero-order valence-electron chi connectivity index (χ0n) is 12.1. The molecule has 1 fully saturated rings. The lowest BCUT2D eigenvalue weighted by Gasteiger charge is -2.37. The molecule has 0 bridgehead atoms. The van der Waals surface area contributed by atoms with Gasteiger partial charge in [0.05, 0.1) is 0 Å². The highest BCUT2D eigenvalue weighted by molar-refractivity contribution is 6.74. The summed E-state index contributed by atoms with van der Waals surface area (Å²) in [5, 5.41) is 3.97. The predicted octanol–water partition coefficient (Wildman–Crippen LogP) is 3.54. The third-order valence-electron chi connectivity index (χ3n) is 4.16. The normalized spacial score (nSPS) is 26.1. The zero-order chi connectivity index (χ0) is 12.6. The van der Waals surface area contributed by atoms with Crippen molar-refractivity contribution in [3.05, 3.63) is 0 Å². The minimum Gasteiger partial charge on any atom is -0.415 e. The molecule has 0 aromatic heterocycles. The van der Waals surface area contributed by atoms with Crippen LogP contribution < -0.4 is 5.32 Å². The number of hydrogen-bond donors (Lipinski definition) is 1. The van der Waals surface area contributed by atoms with E-state index in [-0.39, 0.29) is 0 Å². The largest absolute Gasteiger partial charge is 0.415 e. The van der Waals surface area contributed by atoms with Crippen molar-refractivity contribution < 1.29 is 4.43 Å². The Kier molecular flexibility index (Phi) is 3.93. The van der Waals surface area contributed by atoms with E-state index in [1.165, 1.54) is 12.8 Å². The maximum atomic E-state index is 6.25. The average Bonchev–Trinajstić information content (AvgIpc) is 2.40. The lowest BCUT2D eigenvalue weighted by molar-refractivity contribution is 0.244. The third-order valence-corrected chi connectivity index (χ3v) is 8.66. The molecule has 0 spiro atoms. The summed E-state index contributed by atoms with van der Waals surface area (Å²) in [4.78, 5) is 0. The number of rotatable bonds is 3. The second-order valence-electron chi connectivity index (χ2n) is 7.34. The van der Waals surface area contributed by atoms with Crippen LogP contribution in [-0.4, -0.2) is 26.5 Å². The van der Waals surface area contributed by atoms with Gasteiger partial charge in [-0.05, 0) is 44.8 Å². The molecule has 2 nitrogen and oxygen atoms in total. The lowest BCUT2D eigenvalue weighted by atomic mass is 10.0. The van der Waals surface area contributed by atoms with Crippen LogP contribution in [0.4, 0.5) is 0 Å². The molecule has 0 unspecified atom stereocenters. The summed E-state index contributed by atoms with van der Waals surface area (Å²) in [7, 11) is -1.56. The third kappa shape index (κ3) is 3.57. The summed E-state index contributed by atoms with van der Waals surface area (Å²) in [5.74, 6) is 0. The Morgan fingerprint density at radius 1 is 1.31 bits per heavy atom. The fraction of sp³-hybridized carbons (Fsp3) is 1.00. The highest BCUT2D eigenvalue weighted by atomic mass is 28.4. The van der Waals surface area contributed by atoms with Crippen LogP contribution in [0.1, 0.15) is 47.5 Å². The van der Waals surface area contributed by atoms with E-state index in [1.54, 1.807) is 0 Å². The molecule has 0 amide bonds. The van der Waals surface area contributed by atoms with Crippen LogP contribution >= 0.6 is 0 Å². The van der Waals surface area contributed by atoms with Crippen LogP contribution in [0.25, 0.3) is 0 Å². The average molecular weight is 243 g/mol. The van der Waals surface area contributed by atoms with E-state index in [1.807, 2.05) is 0 Å². The van der Waals surface area contributed by atoms with Crippen molar-refractivity contribution in [2.75, 3.05) is 6.61 Å².